The summed E-state index contributed by atoms with van der Waals surface area (Å²) < 4.78 is 5.72. The highest BCUT2D eigenvalue weighted by Crippen LogP contribution is 2.22. The molecule has 2 rings (SSSR count). The summed E-state index contributed by atoms with van der Waals surface area (Å²) in [7, 11) is 0. The smallest absolute Gasteiger partial charge is 0.140 e. The maximum Gasteiger partial charge on any atom is 0.140 e. The Morgan fingerprint density at radius 2 is 2.00 bits per heavy atom. The maximum atomic E-state index is 5.72. The molecule has 2 nitrogen and oxygen atoms in total. The maximum absolute atomic E-state index is 5.72. The fourth-order valence-corrected chi connectivity index (χ4v) is 2.43. The number of aryl methyl sites for hydroxylation is 1. The third-order valence-corrected chi connectivity index (χ3v) is 4.03. The average molecular weight is 261 g/mol. The Hall–Kier alpha value is -1.35. The van der Waals surface area contributed by atoms with Crippen molar-refractivity contribution < 1.29 is 4.74 Å². The Morgan fingerprint density at radius 3 is 2.56 bits per heavy atom. The molecule has 1 atom stereocenters. The molecular formula is C15H19NOS. The summed E-state index contributed by atoms with van der Waals surface area (Å²) in [6.07, 6.45) is 1.17. The van der Waals surface area contributed by atoms with Crippen LogP contribution in [-0.4, -0.2) is 4.98 Å². The second kappa shape index (κ2) is 6.01. The molecule has 1 heterocycles. The zero-order valence-electron chi connectivity index (χ0n) is 11.1. The molecule has 18 heavy (non-hydrogen) atoms. The molecule has 1 aromatic heterocycles. The van der Waals surface area contributed by atoms with E-state index in [1.807, 2.05) is 24.4 Å². The van der Waals surface area contributed by atoms with Crippen molar-refractivity contribution >= 4 is 11.3 Å². The lowest BCUT2D eigenvalue weighted by molar-refractivity contribution is 0.305. The van der Waals surface area contributed by atoms with E-state index in [1.54, 1.807) is 11.3 Å². The average Bonchev–Trinajstić information content (AvgIpc) is 2.82. The van der Waals surface area contributed by atoms with Crippen LogP contribution in [0.3, 0.4) is 0 Å². The first-order valence-corrected chi connectivity index (χ1v) is 7.20. The van der Waals surface area contributed by atoms with Gasteiger partial charge < -0.3 is 4.74 Å². The molecule has 0 aliphatic carbocycles. The summed E-state index contributed by atoms with van der Waals surface area (Å²) in [6.45, 7) is 7.01. The largest absolute Gasteiger partial charge is 0.486 e. The number of nitrogens with zero attached hydrogens (tertiary/aromatic N) is 1. The monoisotopic (exact) mass is 261 g/mol. The first-order valence-electron chi connectivity index (χ1n) is 6.32. The third-order valence-electron chi connectivity index (χ3n) is 3.09. The molecule has 96 valence electrons. The number of aromatic nitrogens is 1. The molecule has 1 unspecified atom stereocenters. The third kappa shape index (κ3) is 3.33. The molecule has 0 fully saturated rings. The highest BCUT2D eigenvalue weighted by molar-refractivity contribution is 7.09. The molecule has 0 bridgehead atoms. The van der Waals surface area contributed by atoms with Gasteiger partial charge in [-0.2, -0.15) is 0 Å². The number of rotatable bonds is 5. The summed E-state index contributed by atoms with van der Waals surface area (Å²) in [5, 5.41) is 3.07. The summed E-state index contributed by atoms with van der Waals surface area (Å²) in [5.41, 5.74) is 2.43. The Labute approximate surface area is 113 Å². The van der Waals surface area contributed by atoms with E-state index in [-0.39, 0.29) is 0 Å². The van der Waals surface area contributed by atoms with E-state index in [4.69, 9.17) is 4.74 Å². The van der Waals surface area contributed by atoms with Crippen LogP contribution in [0.2, 0.25) is 0 Å². The van der Waals surface area contributed by atoms with Gasteiger partial charge in [-0.3, -0.25) is 0 Å². The van der Waals surface area contributed by atoms with Crippen molar-refractivity contribution in [1.29, 1.82) is 0 Å². The number of thiazole rings is 1. The molecule has 0 radical (unpaired) electrons. The first kappa shape index (κ1) is 13.1. The molecule has 0 aliphatic heterocycles. The molecule has 0 amide bonds. The molecule has 0 N–H and O–H groups in total. The lowest BCUT2D eigenvalue weighted by atomic mass is 9.99. The Morgan fingerprint density at radius 1 is 1.28 bits per heavy atom. The molecule has 0 saturated carbocycles. The van der Waals surface area contributed by atoms with E-state index in [2.05, 4.69) is 31.0 Å². The minimum absolute atomic E-state index is 0.557. The van der Waals surface area contributed by atoms with Gasteiger partial charge in [0, 0.05) is 11.1 Å². The predicted molar refractivity (Wildman–Crippen MR) is 76.3 cm³/mol. The lowest BCUT2D eigenvalue weighted by Gasteiger charge is -2.10. The number of hydrogen-bond acceptors (Lipinski definition) is 3. The van der Waals surface area contributed by atoms with Crippen LogP contribution in [-0.2, 0) is 6.61 Å². The summed E-state index contributed by atoms with van der Waals surface area (Å²) >= 11 is 1.64. The molecule has 0 spiro atoms. The van der Waals surface area contributed by atoms with Gasteiger partial charge in [-0.05, 0) is 37.0 Å². The Balaban J connectivity index is 1.94. The predicted octanol–water partition coefficient (Wildman–Crippen LogP) is 4.54. The fourth-order valence-electron chi connectivity index (χ4n) is 1.74. The van der Waals surface area contributed by atoms with E-state index in [0.717, 1.165) is 16.5 Å². The van der Waals surface area contributed by atoms with E-state index >= 15 is 0 Å². The van der Waals surface area contributed by atoms with Crippen molar-refractivity contribution in [3.8, 4) is 5.75 Å². The van der Waals surface area contributed by atoms with E-state index < -0.39 is 0 Å². The van der Waals surface area contributed by atoms with Gasteiger partial charge >= 0.3 is 0 Å². The zero-order chi connectivity index (χ0) is 13.0. The standard InChI is InChI=1S/C15H19NOS/c1-4-11(2)13-5-7-14(8-6-13)17-9-15-16-12(3)10-18-15/h5-8,10-11H,4,9H2,1-3H3. The molecule has 0 saturated heterocycles. The van der Waals surface area contributed by atoms with Crippen LogP contribution in [0.15, 0.2) is 29.6 Å². The van der Waals surface area contributed by atoms with Crippen LogP contribution in [0.1, 0.15) is 42.5 Å². The Kier molecular flexibility index (Phi) is 4.37. The van der Waals surface area contributed by atoms with Crippen LogP contribution >= 0.6 is 11.3 Å². The normalized spacial score (nSPS) is 12.4. The molecule has 0 aliphatic rings. The van der Waals surface area contributed by atoms with Gasteiger partial charge in [0.1, 0.15) is 17.4 Å². The lowest BCUT2D eigenvalue weighted by Crippen LogP contribution is -1.96. The highest BCUT2D eigenvalue weighted by Gasteiger charge is 2.04. The van der Waals surface area contributed by atoms with Crippen molar-refractivity contribution in [1.82, 2.24) is 4.98 Å². The van der Waals surface area contributed by atoms with Gasteiger partial charge in [0.2, 0.25) is 0 Å². The van der Waals surface area contributed by atoms with Gasteiger partial charge in [-0.15, -0.1) is 11.3 Å². The van der Waals surface area contributed by atoms with Crippen LogP contribution in [0.4, 0.5) is 0 Å². The van der Waals surface area contributed by atoms with E-state index in [0.29, 0.717) is 12.5 Å². The van der Waals surface area contributed by atoms with Crippen molar-refractivity contribution in [2.75, 3.05) is 0 Å². The summed E-state index contributed by atoms with van der Waals surface area (Å²) in [4.78, 5) is 4.38. The number of ether oxygens (including phenoxy) is 1. The molecule has 3 heteroatoms. The van der Waals surface area contributed by atoms with Gasteiger partial charge in [-0.1, -0.05) is 26.0 Å². The molecular weight excluding hydrogens is 242 g/mol. The van der Waals surface area contributed by atoms with Gasteiger partial charge in [0.05, 0.1) is 0 Å². The van der Waals surface area contributed by atoms with E-state index in [1.165, 1.54) is 12.0 Å². The minimum atomic E-state index is 0.557. The highest BCUT2D eigenvalue weighted by atomic mass is 32.1. The van der Waals surface area contributed by atoms with Crippen molar-refractivity contribution in [2.45, 2.75) is 39.7 Å². The van der Waals surface area contributed by atoms with E-state index in [9.17, 15) is 0 Å². The second-order valence-electron chi connectivity index (χ2n) is 4.55. The Bertz CT molecular complexity index is 489. The first-order chi connectivity index (χ1) is 8.69. The topological polar surface area (TPSA) is 22.1 Å². The fraction of sp³-hybridized carbons (Fsp3) is 0.400. The van der Waals surface area contributed by atoms with Crippen LogP contribution < -0.4 is 4.74 Å². The summed E-state index contributed by atoms with van der Waals surface area (Å²) in [6, 6.07) is 8.39. The second-order valence-corrected chi connectivity index (χ2v) is 5.49. The van der Waals surface area contributed by atoms with Gasteiger partial charge in [0.15, 0.2) is 0 Å². The zero-order valence-corrected chi connectivity index (χ0v) is 12.0. The van der Waals surface area contributed by atoms with Crippen LogP contribution in [0, 0.1) is 6.92 Å². The van der Waals surface area contributed by atoms with Gasteiger partial charge in [-0.25, -0.2) is 4.98 Å². The van der Waals surface area contributed by atoms with Gasteiger partial charge in [0.25, 0.3) is 0 Å². The van der Waals surface area contributed by atoms with Crippen molar-refractivity contribution in [2.24, 2.45) is 0 Å². The van der Waals surface area contributed by atoms with Crippen LogP contribution in [0.5, 0.6) is 5.75 Å². The molecule has 1 aromatic carbocycles. The van der Waals surface area contributed by atoms with Crippen LogP contribution in [0.25, 0.3) is 0 Å². The summed E-state index contributed by atoms with van der Waals surface area (Å²) in [5.74, 6) is 1.52. The quantitative estimate of drug-likeness (QED) is 0.788. The van der Waals surface area contributed by atoms with Crippen molar-refractivity contribution in [3.63, 3.8) is 0 Å². The minimum Gasteiger partial charge on any atom is -0.486 e. The number of hydrogen-bond donors (Lipinski definition) is 0. The number of benzene rings is 1. The SMILES string of the molecule is CCC(C)c1ccc(OCc2nc(C)cs2)cc1. The van der Waals surface area contributed by atoms with Crippen molar-refractivity contribution in [3.05, 3.63) is 45.9 Å². The molecule has 2 aromatic rings.